The molecule has 3 nitrogen and oxygen atoms in total. The molecule has 0 unspecified atom stereocenters. The Balaban J connectivity index is 2.33. The van der Waals surface area contributed by atoms with Crippen molar-refractivity contribution in [2.24, 2.45) is 0 Å². The van der Waals surface area contributed by atoms with Crippen molar-refractivity contribution in [1.29, 1.82) is 0 Å². The minimum Gasteiger partial charge on any atom is -0.338 e. The highest BCUT2D eigenvalue weighted by Gasteiger charge is 2.10. The lowest BCUT2D eigenvalue weighted by Crippen LogP contribution is -1.99. The second kappa shape index (κ2) is 4.58. The Morgan fingerprint density at radius 2 is 1.76 bits per heavy atom. The minimum atomic E-state index is -1.26. The Labute approximate surface area is 99.3 Å². The van der Waals surface area contributed by atoms with Crippen LogP contribution in [0, 0.1) is 17.5 Å². The number of hydrogen-bond donors (Lipinski definition) is 1. The van der Waals surface area contributed by atoms with Crippen molar-refractivity contribution in [3.63, 3.8) is 0 Å². The van der Waals surface area contributed by atoms with E-state index in [-0.39, 0.29) is 16.8 Å². The van der Waals surface area contributed by atoms with Gasteiger partial charge in [0.25, 0.3) is 0 Å². The fraction of sp³-hybridized carbons (Fsp3) is 0. The van der Waals surface area contributed by atoms with Crippen LogP contribution in [0.2, 0.25) is 5.28 Å². The summed E-state index contributed by atoms with van der Waals surface area (Å²) in [5.41, 5.74) is -0.237. The molecule has 0 saturated heterocycles. The van der Waals surface area contributed by atoms with Crippen LogP contribution >= 0.6 is 11.6 Å². The van der Waals surface area contributed by atoms with Crippen molar-refractivity contribution in [3.05, 3.63) is 47.1 Å². The lowest BCUT2D eigenvalue weighted by atomic mass is 10.3. The Morgan fingerprint density at radius 1 is 1.06 bits per heavy atom. The van der Waals surface area contributed by atoms with E-state index >= 15 is 0 Å². The number of aromatic nitrogens is 2. The summed E-state index contributed by atoms with van der Waals surface area (Å²) in [6.45, 7) is 0. The Hall–Kier alpha value is -1.82. The maximum absolute atomic E-state index is 13.3. The van der Waals surface area contributed by atoms with Gasteiger partial charge in [-0.25, -0.2) is 23.1 Å². The van der Waals surface area contributed by atoms with E-state index in [1.165, 1.54) is 12.3 Å². The summed E-state index contributed by atoms with van der Waals surface area (Å²) in [5.74, 6) is -3.17. The zero-order valence-electron chi connectivity index (χ0n) is 8.22. The topological polar surface area (TPSA) is 37.8 Å². The van der Waals surface area contributed by atoms with E-state index in [1.807, 2.05) is 0 Å². The van der Waals surface area contributed by atoms with E-state index in [2.05, 4.69) is 15.3 Å². The molecule has 1 N–H and O–H groups in total. The Kier molecular flexibility index (Phi) is 3.14. The first-order valence-electron chi connectivity index (χ1n) is 4.46. The summed E-state index contributed by atoms with van der Waals surface area (Å²) in [4.78, 5) is 7.34. The lowest BCUT2D eigenvalue weighted by molar-refractivity contribution is 0.496. The molecule has 7 heteroatoms. The van der Waals surface area contributed by atoms with Crippen LogP contribution in [-0.4, -0.2) is 9.97 Å². The second-order valence-corrected chi connectivity index (χ2v) is 3.42. The maximum Gasteiger partial charge on any atom is 0.224 e. The number of rotatable bonds is 2. The summed E-state index contributed by atoms with van der Waals surface area (Å²) in [6.07, 6.45) is 1.34. The van der Waals surface area contributed by atoms with Gasteiger partial charge in [-0.3, -0.25) is 0 Å². The standard InChI is InChI=1S/C10H5ClF3N3/c11-10-15-2-1-9(17-10)16-8-4-6(13)5(12)3-7(8)14/h1-4H,(H,15,16,17). The molecule has 0 saturated carbocycles. The maximum atomic E-state index is 13.3. The van der Waals surface area contributed by atoms with E-state index in [1.54, 1.807) is 0 Å². The average molecular weight is 260 g/mol. The van der Waals surface area contributed by atoms with Crippen LogP contribution in [0.5, 0.6) is 0 Å². The molecule has 0 radical (unpaired) electrons. The van der Waals surface area contributed by atoms with E-state index in [4.69, 9.17) is 11.6 Å². The van der Waals surface area contributed by atoms with Crippen LogP contribution in [0.3, 0.4) is 0 Å². The smallest absolute Gasteiger partial charge is 0.224 e. The van der Waals surface area contributed by atoms with Crippen molar-refractivity contribution in [2.45, 2.75) is 0 Å². The largest absolute Gasteiger partial charge is 0.338 e. The quantitative estimate of drug-likeness (QED) is 0.664. The van der Waals surface area contributed by atoms with Gasteiger partial charge in [-0.1, -0.05) is 0 Å². The summed E-state index contributed by atoms with van der Waals surface area (Å²) in [6, 6.07) is 2.55. The highest BCUT2D eigenvalue weighted by molar-refractivity contribution is 6.28. The van der Waals surface area contributed by atoms with Gasteiger partial charge in [0.15, 0.2) is 11.6 Å². The van der Waals surface area contributed by atoms with Gasteiger partial charge in [-0.15, -0.1) is 0 Å². The van der Waals surface area contributed by atoms with Gasteiger partial charge in [-0.05, 0) is 17.7 Å². The van der Waals surface area contributed by atoms with Gasteiger partial charge in [0.05, 0.1) is 5.69 Å². The number of nitrogens with one attached hydrogen (secondary N) is 1. The number of halogens is 4. The highest BCUT2D eigenvalue weighted by Crippen LogP contribution is 2.21. The van der Waals surface area contributed by atoms with Crippen LogP contribution < -0.4 is 5.32 Å². The molecule has 2 aromatic rings. The van der Waals surface area contributed by atoms with Gasteiger partial charge < -0.3 is 5.32 Å². The van der Waals surface area contributed by atoms with Crippen molar-refractivity contribution < 1.29 is 13.2 Å². The SMILES string of the molecule is Fc1cc(F)c(Nc2ccnc(Cl)n2)cc1F. The zero-order valence-corrected chi connectivity index (χ0v) is 8.97. The fourth-order valence-electron chi connectivity index (χ4n) is 1.16. The summed E-state index contributed by atoms with van der Waals surface area (Å²) < 4.78 is 38.8. The molecular weight excluding hydrogens is 255 g/mol. The van der Waals surface area contributed by atoms with Crippen LogP contribution in [0.1, 0.15) is 0 Å². The molecule has 0 atom stereocenters. The van der Waals surface area contributed by atoms with E-state index < -0.39 is 17.5 Å². The molecule has 1 aromatic heterocycles. The average Bonchev–Trinajstić information content (AvgIpc) is 2.26. The fourth-order valence-corrected chi connectivity index (χ4v) is 1.31. The van der Waals surface area contributed by atoms with Crippen molar-refractivity contribution in [3.8, 4) is 0 Å². The third kappa shape index (κ3) is 2.65. The Bertz CT molecular complexity index is 562. The number of nitrogens with zero attached hydrogens (tertiary/aromatic N) is 2. The lowest BCUT2D eigenvalue weighted by Gasteiger charge is -2.07. The first-order valence-corrected chi connectivity index (χ1v) is 4.84. The normalized spacial score (nSPS) is 10.4. The zero-order chi connectivity index (χ0) is 12.4. The molecule has 1 heterocycles. The molecular formula is C10H5ClF3N3. The number of anilines is 2. The molecule has 88 valence electrons. The molecule has 0 aliphatic carbocycles. The van der Waals surface area contributed by atoms with Crippen molar-refractivity contribution >= 4 is 23.1 Å². The third-order valence-corrected chi connectivity index (χ3v) is 2.08. The first-order chi connectivity index (χ1) is 8.06. The van der Waals surface area contributed by atoms with E-state index in [9.17, 15) is 13.2 Å². The minimum absolute atomic E-state index is 0.0435. The van der Waals surface area contributed by atoms with Gasteiger partial charge in [0.1, 0.15) is 11.6 Å². The van der Waals surface area contributed by atoms with Crippen LogP contribution in [-0.2, 0) is 0 Å². The van der Waals surface area contributed by atoms with Gasteiger partial charge in [0, 0.05) is 18.3 Å². The number of hydrogen-bond acceptors (Lipinski definition) is 3. The molecule has 2 rings (SSSR count). The summed E-state index contributed by atoms with van der Waals surface area (Å²) >= 11 is 5.52. The summed E-state index contributed by atoms with van der Waals surface area (Å²) in [5, 5.41) is 2.42. The third-order valence-electron chi connectivity index (χ3n) is 1.90. The molecule has 0 spiro atoms. The molecule has 1 aromatic carbocycles. The van der Waals surface area contributed by atoms with Crippen molar-refractivity contribution in [2.75, 3.05) is 5.32 Å². The number of benzene rings is 1. The molecule has 0 aliphatic rings. The second-order valence-electron chi connectivity index (χ2n) is 3.08. The van der Waals surface area contributed by atoms with Gasteiger partial charge in [0.2, 0.25) is 5.28 Å². The predicted octanol–water partition coefficient (Wildman–Crippen LogP) is 3.29. The van der Waals surface area contributed by atoms with Crippen LogP contribution in [0.15, 0.2) is 24.4 Å². The van der Waals surface area contributed by atoms with E-state index in [0.29, 0.717) is 12.1 Å². The van der Waals surface area contributed by atoms with Crippen LogP contribution in [0.4, 0.5) is 24.7 Å². The molecule has 0 fully saturated rings. The highest BCUT2D eigenvalue weighted by atomic mass is 35.5. The molecule has 0 aliphatic heterocycles. The van der Waals surface area contributed by atoms with Gasteiger partial charge >= 0.3 is 0 Å². The Morgan fingerprint density at radius 3 is 2.47 bits per heavy atom. The van der Waals surface area contributed by atoms with E-state index in [0.717, 1.165) is 0 Å². The monoisotopic (exact) mass is 259 g/mol. The summed E-state index contributed by atoms with van der Waals surface area (Å²) in [7, 11) is 0. The first kappa shape index (κ1) is 11.7. The molecule has 17 heavy (non-hydrogen) atoms. The van der Waals surface area contributed by atoms with Crippen molar-refractivity contribution in [1.82, 2.24) is 9.97 Å². The molecule has 0 bridgehead atoms. The van der Waals surface area contributed by atoms with Crippen LogP contribution in [0.25, 0.3) is 0 Å². The van der Waals surface area contributed by atoms with Gasteiger partial charge in [-0.2, -0.15) is 0 Å². The molecule has 0 amide bonds. The predicted molar refractivity (Wildman–Crippen MR) is 56.6 cm³/mol.